The molecular formula is C26H24ClN5O2. The zero-order chi connectivity index (χ0) is 23.9. The maximum absolute atomic E-state index is 12.7. The summed E-state index contributed by atoms with van der Waals surface area (Å²) in [5.74, 6) is 1.34. The summed E-state index contributed by atoms with van der Waals surface area (Å²) in [6.45, 7) is 2.01. The van der Waals surface area contributed by atoms with Crippen LogP contribution in [0.5, 0.6) is 5.75 Å². The summed E-state index contributed by atoms with van der Waals surface area (Å²) >= 11 is 6.11. The van der Waals surface area contributed by atoms with Crippen LogP contribution in [0.1, 0.15) is 42.4 Å². The first-order valence-corrected chi connectivity index (χ1v) is 11.4. The number of anilines is 3. The highest BCUT2D eigenvalue weighted by Crippen LogP contribution is 2.31. The second kappa shape index (κ2) is 10.8. The van der Waals surface area contributed by atoms with Crippen LogP contribution in [0.4, 0.5) is 17.3 Å². The number of aromatic nitrogens is 2. The molecule has 4 rings (SSSR count). The number of benzene rings is 1. The fourth-order valence-electron chi connectivity index (χ4n) is 3.77. The van der Waals surface area contributed by atoms with Crippen LogP contribution < -0.4 is 15.4 Å². The van der Waals surface area contributed by atoms with Gasteiger partial charge in [0.25, 0.3) is 0 Å². The van der Waals surface area contributed by atoms with Gasteiger partial charge in [0.2, 0.25) is 5.91 Å². The molecule has 8 heteroatoms. The Kier molecular flexibility index (Phi) is 7.41. The maximum atomic E-state index is 12.7. The van der Waals surface area contributed by atoms with Crippen LogP contribution in [0.3, 0.4) is 0 Å². The number of carbonyl (C=O) groups excluding carboxylic acids is 1. The summed E-state index contributed by atoms with van der Waals surface area (Å²) in [7, 11) is 0. The van der Waals surface area contributed by atoms with Crippen LogP contribution in [-0.4, -0.2) is 22.0 Å². The van der Waals surface area contributed by atoms with E-state index < -0.39 is 0 Å². The molecule has 1 aromatic carbocycles. The highest BCUT2D eigenvalue weighted by molar-refractivity contribution is 6.31. The van der Waals surface area contributed by atoms with E-state index in [-0.39, 0.29) is 12.0 Å². The van der Waals surface area contributed by atoms with Crippen molar-refractivity contribution in [3.8, 4) is 11.8 Å². The van der Waals surface area contributed by atoms with Gasteiger partial charge in [-0.25, -0.2) is 9.97 Å². The summed E-state index contributed by atoms with van der Waals surface area (Å²) < 4.78 is 6.26. The molecule has 1 saturated carbocycles. The molecule has 3 aromatic rings. The number of pyridine rings is 2. The SMILES string of the molecule is Cc1cccc(C=CC(=O)Nc2cc(Cl)cnc2Nc2ccc(C#N)cn2)c1OC1CCCC1. The first-order valence-electron chi connectivity index (χ1n) is 11.1. The van der Waals surface area contributed by atoms with Crippen molar-refractivity contribution in [3.05, 3.63) is 76.6 Å². The van der Waals surface area contributed by atoms with Crippen LogP contribution in [0.25, 0.3) is 6.08 Å². The molecule has 0 saturated heterocycles. The molecular weight excluding hydrogens is 450 g/mol. The Morgan fingerprint density at radius 2 is 2.03 bits per heavy atom. The van der Waals surface area contributed by atoms with E-state index in [0.717, 1.165) is 29.7 Å². The molecule has 1 amide bonds. The quantitative estimate of drug-likeness (QED) is 0.406. The third-order valence-electron chi connectivity index (χ3n) is 5.49. The Labute approximate surface area is 203 Å². The smallest absolute Gasteiger partial charge is 0.248 e. The molecule has 172 valence electrons. The molecule has 0 spiro atoms. The topological polar surface area (TPSA) is 99.9 Å². The minimum atomic E-state index is -0.340. The fourth-order valence-corrected chi connectivity index (χ4v) is 3.93. The van der Waals surface area contributed by atoms with Crippen LogP contribution in [0, 0.1) is 18.3 Å². The number of aryl methyl sites for hydroxylation is 1. The van der Waals surface area contributed by atoms with Crippen molar-refractivity contribution in [1.82, 2.24) is 9.97 Å². The molecule has 0 aliphatic heterocycles. The zero-order valence-corrected chi connectivity index (χ0v) is 19.5. The monoisotopic (exact) mass is 473 g/mol. The number of nitrogens with one attached hydrogen (secondary N) is 2. The summed E-state index contributed by atoms with van der Waals surface area (Å²) in [6.07, 6.45) is 10.8. The molecule has 34 heavy (non-hydrogen) atoms. The molecule has 0 atom stereocenters. The summed E-state index contributed by atoms with van der Waals surface area (Å²) in [5, 5.41) is 15.2. The second-order valence-corrected chi connectivity index (χ2v) is 8.50. The second-order valence-electron chi connectivity index (χ2n) is 8.06. The number of hydrogen-bond acceptors (Lipinski definition) is 6. The third-order valence-corrected chi connectivity index (χ3v) is 5.70. The summed E-state index contributed by atoms with van der Waals surface area (Å²) in [4.78, 5) is 21.2. The van der Waals surface area contributed by atoms with E-state index >= 15 is 0 Å². The number of hydrogen-bond donors (Lipinski definition) is 2. The normalized spacial score (nSPS) is 13.6. The lowest BCUT2D eigenvalue weighted by Crippen LogP contribution is -2.13. The van der Waals surface area contributed by atoms with Gasteiger partial charge in [-0.1, -0.05) is 29.8 Å². The molecule has 0 unspecified atom stereocenters. The van der Waals surface area contributed by atoms with E-state index in [1.54, 1.807) is 24.3 Å². The van der Waals surface area contributed by atoms with Gasteiger partial charge in [0, 0.05) is 24.0 Å². The van der Waals surface area contributed by atoms with Crippen LogP contribution in [0.15, 0.2) is 54.9 Å². The molecule has 2 N–H and O–H groups in total. The Balaban J connectivity index is 1.49. The first-order chi connectivity index (χ1) is 16.5. The van der Waals surface area contributed by atoms with Crippen molar-refractivity contribution in [2.45, 2.75) is 38.7 Å². The molecule has 1 fully saturated rings. The van der Waals surface area contributed by atoms with Gasteiger partial charge in [-0.05, 0) is 62.4 Å². The zero-order valence-electron chi connectivity index (χ0n) is 18.7. The van der Waals surface area contributed by atoms with Gasteiger partial charge in [0.05, 0.1) is 22.4 Å². The highest BCUT2D eigenvalue weighted by Gasteiger charge is 2.18. The Hall–Kier alpha value is -3.89. The number of rotatable bonds is 7. The van der Waals surface area contributed by atoms with Crippen LogP contribution in [-0.2, 0) is 4.79 Å². The largest absolute Gasteiger partial charge is 0.490 e. The van der Waals surface area contributed by atoms with Crippen molar-refractivity contribution >= 4 is 40.9 Å². The average molecular weight is 474 g/mol. The van der Waals surface area contributed by atoms with E-state index in [2.05, 4.69) is 20.6 Å². The lowest BCUT2D eigenvalue weighted by atomic mass is 10.1. The number of halogens is 1. The lowest BCUT2D eigenvalue weighted by molar-refractivity contribution is -0.111. The van der Waals surface area contributed by atoms with E-state index in [1.807, 2.05) is 31.2 Å². The van der Waals surface area contributed by atoms with Crippen LogP contribution >= 0.6 is 11.6 Å². The molecule has 0 bridgehead atoms. The van der Waals surface area contributed by atoms with E-state index in [4.69, 9.17) is 21.6 Å². The minimum Gasteiger partial charge on any atom is -0.490 e. The van der Waals surface area contributed by atoms with Crippen molar-refractivity contribution in [2.24, 2.45) is 0 Å². The third kappa shape index (κ3) is 5.91. The molecule has 2 aromatic heterocycles. The van der Waals surface area contributed by atoms with Crippen LogP contribution in [0.2, 0.25) is 5.02 Å². The van der Waals surface area contributed by atoms with Crippen molar-refractivity contribution in [1.29, 1.82) is 5.26 Å². The van der Waals surface area contributed by atoms with Crippen molar-refractivity contribution in [2.75, 3.05) is 10.6 Å². The number of carbonyl (C=O) groups is 1. The number of nitriles is 1. The molecule has 1 aliphatic rings. The maximum Gasteiger partial charge on any atom is 0.248 e. The average Bonchev–Trinajstić information content (AvgIpc) is 3.35. The number of ether oxygens (including phenoxy) is 1. The predicted molar refractivity (Wildman–Crippen MR) is 133 cm³/mol. The van der Waals surface area contributed by atoms with E-state index in [0.29, 0.717) is 27.9 Å². The Morgan fingerprint density at radius 1 is 1.21 bits per heavy atom. The minimum absolute atomic E-state index is 0.226. The number of para-hydroxylation sites is 1. The van der Waals surface area contributed by atoms with Gasteiger partial charge >= 0.3 is 0 Å². The molecule has 0 radical (unpaired) electrons. The Bertz CT molecular complexity index is 1250. The lowest BCUT2D eigenvalue weighted by Gasteiger charge is -2.17. The predicted octanol–water partition coefficient (Wildman–Crippen LogP) is 6.03. The van der Waals surface area contributed by atoms with Gasteiger partial charge in [-0.2, -0.15) is 5.26 Å². The highest BCUT2D eigenvalue weighted by atomic mass is 35.5. The van der Waals surface area contributed by atoms with Gasteiger partial charge in [-0.15, -0.1) is 0 Å². The number of nitrogens with zero attached hydrogens (tertiary/aromatic N) is 3. The molecule has 7 nitrogen and oxygen atoms in total. The molecule has 2 heterocycles. The van der Waals surface area contributed by atoms with Crippen molar-refractivity contribution in [3.63, 3.8) is 0 Å². The number of amides is 1. The summed E-state index contributed by atoms with van der Waals surface area (Å²) in [5.41, 5.74) is 2.74. The first kappa shape index (κ1) is 23.3. The van der Waals surface area contributed by atoms with Gasteiger partial charge < -0.3 is 15.4 Å². The van der Waals surface area contributed by atoms with Gasteiger partial charge in [0.15, 0.2) is 5.82 Å². The molecule has 1 aliphatic carbocycles. The van der Waals surface area contributed by atoms with Gasteiger partial charge in [0.1, 0.15) is 17.6 Å². The van der Waals surface area contributed by atoms with Gasteiger partial charge in [-0.3, -0.25) is 4.79 Å². The Morgan fingerprint density at radius 3 is 2.76 bits per heavy atom. The standard InChI is InChI=1S/C26H24ClN5O2/c1-17-5-4-6-19(25(17)34-21-7-2-3-8-21)10-12-24(33)31-22-13-20(27)16-30-26(22)32-23-11-9-18(14-28)15-29-23/h4-6,9-13,15-16,21H,2-3,7-8H2,1H3,(H,31,33)(H,29,30,32). The van der Waals surface area contributed by atoms with E-state index in [1.165, 1.54) is 31.3 Å². The van der Waals surface area contributed by atoms with Crippen molar-refractivity contribution < 1.29 is 9.53 Å². The summed E-state index contributed by atoms with van der Waals surface area (Å²) in [6, 6.07) is 12.8. The van der Waals surface area contributed by atoms with E-state index in [9.17, 15) is 4.79 Å². The fraction of sp³-hybridized carbons (Fsp3) is 0.231.